The van der Waals surface area contributed by atoms with Crippen molar-refractivity contribution < 1.29 is 14.6 Å². The van der Waals surface area contributed by atoms with Crippen LogP contribution in [0.4, 0.5) is 0 Å². The molecule has 0 bridgehead atoms. The van der Waals surface area contributed by atoms with Gasteiger partial charge in [0.25, 0.3) is 5.91 Å². The molecule has 6 heteroatoms. The van der Waals surface area contributed by atoms with Crippen LogP contribution in [0.5, 0.6) is 5.75 Å². The Bertz CT molecular complexity index is 1110. The first-order valence-corrected chi connectivity index (χ1v) is 10.5. The van der Waals surface area contributed by atoms with Crippen LogP contribution in [0.2, 0.25) is 5.02 Å². The minimum absolute atomic E-state index is 0.241. The second kappa shape index (κ2) is 8.54. The van der Waals surface area contributed by atoms with E-state index in [0.717, 1.165) is 21.2 Å². The minimum atomic E-state index is -0.447. The highest BCUT2D eigenvalue weighted by molar-refractivity contribution is 9.10. The molecule has 4 nitrogen and oxygen atoms in total. The summed E-state index contributed by atoms with van der Waals surface area (Å²) in [5.74, 6) is 0.0602. The zero-order valence-corrected chi connectivity index (χ0v) is 18.5. The number of rotatable bonds is 5. The molecule has 0 radical (unpaired) electrons. The van der Waals surface area contributed by atoms with Crippen LogP contribution in [0, 0.1) is 0 Å². The Labute approximate surface area is 188 Å². The third-order valence-electron chi connectivity index (χ3n) is 5.17. The van der Waals surface area contributed by atoms with Crippen LogP contribution in [0.1, 0.15) is 22.7 Å². The zero-order valence-electron chi connectivity index (χ0n) is 16.2. The standard InChI is InChI=1S/C24H19BrClNO3/c1-30-18-12-8-16(9-13-18)21-22(19-4-2-3-5-20(19)25)27(24(29)23(21)28)14-15-6-10-17(26)11-7-15/h2-13,22,28H,14H2,1H3. The predicted molar refractivity (Wildman–Crippen MR) is 121 cm³/mol. The number of halogens is 2. The SMILES string of the molecule is COc1ccc(C2=C(O)C(=O)N(Cc3ccc(Cl)cc3)C2c2ccccc2Br)cc1. The highest BCUT2D eigenvalue weighted by atomic mass is 79.9. The summed E-state index contributed by atoms with van der Waals surface area (Å²) < 4.78 is 6.11. The fourth-order valence-corrected chi connectivity index (χ4v) is 4.32. The van der Waals surface area contributed by atoms with Crippen molar-refractivity contribution in [2.75, 3.05) is 7.11 Å². The van der Waals surface area contributed by atoms with E-state index >= 15 is 0 Å². The van der Waals surface area contributed by atoms with Crippen molar-refractivity contribution in [3.8, 4) is 5.75 Å². The predicted octanol–water partition coefficient (Wildman–Crippen LogP) is 6.16. The van der Waals surface area contributed by atoms with Crippen molar-refractivity contribution in [3.63, 3.8) is 0 Å². The molecule has 0 aromatic heterocycles. The number of amides is 1. The van der Waals surface area contributed by atoms with Crippen molar-refractivity contribution in [2.45, 2.75) is 12.6 Å². The summed E-state index contributed by atoms with van der Waals surface area (Å²) in [7, 11) is 1.60. The van der Waals surface area contributed by atoms with Gasteiger partial charge in [-0.15, -0.1) is 0 Å². The van der Waals surface area contributed by atoms with Crippen LogP contribution in [-0.2, 0) is 11.3 Å². The van der Waals surface area contributed by atoms with Crippen molar-refractivity contribution >= 4 is 39.0 Å². The van der Waals surface area contributed by atoms with Gasteiger partial charge in [0, 0.05) is 21.6 Å². The van der Waals surface area contributed by atoms with Gasteiger partial charge in [-0.1, -0.05) is 70.0 Å². The Morgan fingerprint density at radius 2 is 1.70 bits per heavy atom. The Morgan fingerprint density at radius 1 is 1.03 bits per heavy atom. The van der Waals surface area contributed by atoms with E-state index in [1.165, 1.54) is 0 Å². The molecule has 1 atom stereocenters. The number of carbonyl (C=O) groups excluding carboxylic acids is 1. The summed E-state index contributed by atoms with van der Waals surface area (Å²) in [4.78, 5) is 14.8. The first-order valence-electron chi connectivity index (χ1n) is 9.37. The largest absolute Gasteiger partial charge is 0.503 e. The molecule has 1 unspecified atom stereocenters. The normalized spacial score (nSPS) is 16.3. The van der Waals surface area contributed by atoms with E-state index in [-0.39, 0.29) is 5.76 Å². The van der Waals surface area contributed by atoms with Gasteiger partial charge in [-0.05, 0) is 47.0 Å². The van der Waals surface area contributed by atoms with Gasteiger partial charge < -0.3 is 14.7 Å². The molecule has 0 aliphatic carbocycles. The molecule has 152 valence electrons. The second-order valence-electron chi connectivity index (χ2n) is 6.97. The van der Waals surface area contributed by atoms with Crippen molar-refractivity contribution in [1.29, 1.82) is 0 Å². The summed E-state index contributed by atoms with van der Waals surface area (Å²) >= 11 is 9.62. The minimum Gasteiger partial charge on any atom is -0.503 e. The number of carbonyl (C=O) groups is 1. The summed E-state index contributed by atoms with van der Waals surface area (Å²) in [6.07, 6.45) is 0. The van der Waals surface area contributed by atoms with Crippen molar-refractivity contribution in [2.24, 2.45) is 0 Å². The number of aliphatic hydroxyl groups is 1. The molecule has 1 heterocycles. The molecule has 0 spiro atoms. The van der Waals surface area contributed by atoms with E-state index in [9.17, 15) is 9.90 Å². The van der Waals surface area contributed by atoms with E-state index in [0.29, 0.717) is 22.9 Å². The topological polar surface area (TPSA) is 49.8 Å². The van der Waals surface area contributed by atoms with Gasteiger partial charge in [0.15, 0.2) is 5.76 Å². The molecule has 0 fully saturated rings. The first-order chi connectivity index (χ1) is 14.5. The molecular formula is C24H19BrClNO3. The molecule has 1 aliphatic heterocycles. The van der Waals surface area contributed by atoms with E-state index < -0.39 is 11.9 Å². The van der Waals surface area contributed by atoms with Crippen LogP contribution in [0.15, 0.2) is 83.0 Å². The highest BCUT2D eigenvalue weighted by Gasteiger charge is 2.41. The van der Waals surface area contributed by atoms with E-state index in [1.54, 1.807) is 24.1 Å². The smallest absolute Gasteiger partial charge is 0.290 e. The van der Waals surface area contributed by atoms with Crippen molar-refractivity contribution in [1.82, 2.24) is 4.90 Å². The number of methoxy groups -OCH3 is 1. The molecule has 1 N–H and O–H groups in total. The maximum Gasteiger partial charge on any atom is 0.290 e. The van der Waals surface area contributed by atoms with Gasteiger partial charge in [0.2, 0.25) is 0 Å². The Balaban J connectivity index is 1.81. The van der Waals surface area contributed by atoms with Crippen LogP contribution in [0.3, 0.4) is 0 Å². The lowest BCUT2D eigenvalue weighted by molar-refractivity contribution is -0.130. The quantitative estimate of drug-likeness (QED) is 0.471. The number of nitrogens with zero attached hydrogens (tertiary/aromatic N) is 1. The molecule has 0 saturated heterocycles. The second-order valence-corrected chi connectivity index (χ2v) is 8.27. The van der Waals surface area contributed by atoms with Crippen molar-refractivity contribution in [3.05, 3.63) is 105 Å². The fourth-order valence-electron chi connectivity index (χ4n) is 3.69. The maximum atomic E-state index is 13.1. The number of ether oxygens (including phenoxy) is 1. The Kier molecular flexibility index (Phi) is 5.84. The first kappa shape index (κ1) is 20.5. The van der Waals surface area contributed by atoms with E-state index in [4.69, 9.17) is 16.3 Å². The van der Waals surface area contributed by atoms with E-state index in [2.05, 4.69) is 15.9 Å². The van der Waals surface area contributed by atoms with E-state index in [1.807, 2.05) is 60.7 Å². The summed E-state index contributed by atoms with van der Waals surface area (Å²) in [5, 5.41) is 11.5. The molecule has 3 aromatic carbocycles. The summed E-state index contributed by atoms with van der Waals surface area (Å²) in [6.45, 7) is 0.339. The fraction of sp³-hybridized carbons (Fsp3) is 0.125. The van der Waals surface area contributed by atoms with Gasteiger partial charge in [0.1, 0.15) is 5.75 Å². The van der Waals surface area contributed by atoms with Gasteiger partial charge in [-0.2, -0.15) is 0 Å². The van der Waals surface area contributed by atoms with Gasteiger partial charge in [-0.25, -0.2) is 0 Å². The van der Waals surface area contributed by atoms with Crippen LogP contribution in [-0.4, -0.2) is 23.0 Å². The monoisotopic (exact) mass is 483 g/mol. The van der Waals surface area contributed by atoms with Crippen LogP contribution < -0.4 is 4.74 Å². The average Bonchev–Trinajstić information content (AvgIpc) is 3.00. The molecule has 1 aliphatic rings. The molecular weight excluding hydrogens is 466 g/mol. The number of hydrogen-bond donors (Lipinski definition) is 1. The summed E-state index contributed by atoms with van der Waals surface area (Å²) in [6, 6.07) is 22.0. The zero-order chi connectivity index (χ0) is 21.3. The lowest BCUT2D eigenvalue weighted by Gasteiger charge is -2.28. The van der Waals surface area contributed by atoms with Crippen LogP contribution >= 0.6 is 27.5 Å². The number of aliphatic hydroxyl groups excluding tert-OH is 1. The molecule has 0 saturated carbocycles. The molecule has 3 aromatic rings. The Hall–Kier alpha value is -2.76. The van der Waals surface area contributed by atoms with Gasteiger partial charge >= 0.3 is 0 Å². The highest BCUT2D eigenvalue weighted by Crippen LogP contribution is 2.45. The third kappa shape index (κ3) is 3.83. The molecule has 30 heavy (non-hydrogen) atoms. The maximum absolute atomic E-state index is 13.1. The average molecular weight is 485 g/mol. The Morgan fingerprint density at radius 3 is 2.33 bits per heavy atom. The lowest BCUT2D eigenvalue weighted by atomic mass is 9.93. The lowest BCUT2D eigenvalue weighted by Crippen LogP contribution is -2.30. The number of hydrogen-bond acceptors (Lipinski definition) is 3. The summed E-state index contributed by atoms with van der Waals surface area (Å²) in [5.41, 5.74) is 3.16. The van der Waals surface area contributed by atoms with Crippen LogP contribution in [0.25, 0.3) is 5.57 Å². The van der Waals surface area contributed by atoms with Gasteiger partial charge in [0.05, 0.1) is 13.2 Å². The third-order valence-corrected chi connectivity index (χ3v) is 6.14. The molecule has 1 amide bonds. The number of benzene rings is 3. The molecule has 4 rings (SSSR count). The van der Waals surface area contributed by atoms with Gasteiger partial charge in [-0.3, -0.25) is 4.79 Å².